The van der Waals surface area contributed by atoms with E-state index < -0.39 is 0 Å². The standard InChI is InChI=1S/C20H15N3O2S/c1-25-14-6-4-5-13(11-14)18-12-16(15-7-2-3-8-17(15)22-18)19(24)23-20-21-9-10-26-20/h2-12H,1H3,(H,21,23,24). The molecule has 0 spiro atoms. The Bertz CT molecular complexity index is 1080. The number of carbonyl (C=O) groups excluding carboxylic acids is 1. The number of anilines is 1. The summed E-state index contributed by atoms with van der Waals surface area (Å²) in [4.78, 5) is 21.7. The number of nitrogens with one attached hydrogen (secondary N) is 1. The number of hydrogen-bond acceptors (Lipinski definition) is 5. The second-order valence-corrected chi connectivity index (χ2v) is 6.49. The number of aromatic nitrogens is 2. The molecule has 1 N–H and O–H groups in total. The highest BCUT2D eigenvalue weighted by Gasteiger charge is 2.15. The van der Waals surface area contributed by atoms with Crippen molar-refractivity contribution in [1.82, 2.24) is 9.97 Å². The summed E-state index contributed by atoms with van der Waals surface area (Å²) in [7, 11) is 1.62. The maximum absolute atomic E-state index is 12.8. The molecule has 0 bridgehead atoms. The third-order valence-electron chi connectivity index (χ3n) is 3.98. The van der Waals surface area contributed by atoms with Gasteiger partial charge in [0.15, 0.2) is 5.13 Å². The number of ether oxygens (including phenoxy) is 1. The van der Waals surface area contributed by atoms with Gasteiger partial charge in [-0.2, -0.15) is 0 Å². The lowest BCUT2D eigenvalue weighted by molar-refractivity contribution is 0.102. The first-order valence-electron chi connectivity index (χ1n) is 7.99. The zero-order valence-corrected chi connectivity index (χ0v) is 14.8. The van der Waals surface area contributed by atoms with Crippen LogP contribution in [0.4, 0.5) is 5.13 Å². The van der Waals surface area contributed by atoms with Gasteiger partial charge in [0.05, 0.1) is 23.9 Å². The first kappa shape index (κ1) is 16.2. The zero-order valence-electron chi connectivity index (χ0n) is 14.0. The van der Waals surface area contributed by atoms with Crippen LogP contribution in [0.5, 0.6) is 5.75 Å². The van der Waals surface area contributed by atoms with E-state index in [2.05, 4.69) is 10.3 Å². The van der Waals surface area contributed by atoms with Crippen molar-refractivity contribution in [1.29, 1.82) is 0 Å². The fraction of sp³-hybridized carbons (Fsp3) is 0.0500. The third kappa shape index (κ3) is 3.14. The van der Waals surface area contributed by atoms with Crippen molar-refractivity contribution < 1.29 is 9.53 Å². The topological polar surface area (TPSA) is 64.1 Å². The summed E-state index contributed by atoms with van der Waals surface area (Å²) in [5.41, 5.74) is 2.92. The SMILES string of the molecule is COc1cccc(-c2cc(C(=O)Nc3nccs3)c3ccccc3n2)c1. The zero-order chi connectivity index (χ0) is 17.9. The lowest BCUT2D eigenvalue weighted by Crippen LogP contribution is -2.12. The first-order chi connectivity index (χ1) is 12.7. The Kier molecular flexibility index (Phi) is 4.33. The largest absolute Gasteiger partial charge is 0.497 e. The fourth-order valence-electron chi connectivity index (χ4n) is 2.74. The van der Waals surface area contributed by atoms with Gasteiger partial charge in [0.1, 0.15) is 5.75 Å². The molecular formula is C20H15N3O2S. The number of nitrogens with zero attached hydrogens (tertiary/aromatic N) is 2. The molecule has 26 heavy (non-hydrogen) atoms. The molecule has 2 heterocycles. The number of methoxy groups -OCH3 is 1. The number of pyridine rings is 1. The predicted molar refractivity (Wildman–Crippen MR) is 104 cm³/mol. The van der Waals surface area contributed by atoms with Crippen molar-refractivity contribution >= 4 is 33.3 Å². The number of para-hydroxylation sites is 1. The molecule has 4 aromatic rings. The molecular weight excluding hydrogens is 346 g/mol. The van der Waals surface area contributed by atoms with Crippen molar-refractivity contribution in [2.45, 2.75) is 0 Å². The molecule has 0 saturated carbocycles. The van der Waals surface area contributed by atoms with Crippen LogP contribution in [0.2, 0.25) is 0 Å². The van der Waals surface area contributed by atoms with Gasteiger partial charge >= 0.3 is 0 Å². The smallest absolute Gasteiger partial charge is 0.258 e. The van der Waals surface area contributed by atoms with Crippen LogP contribution < -0.4 is 10.1 Å². The van der Waals surface area contributed by atoms with Gasteiger partial charge in [-0.05, 0) is 24.3 Å². The predicted octanol–water partition coefficient (Wildman–Crippen LogP) is 4.62. The molecule has 6 heteroatoms. The normalized spacial score (nSPS) is 10.7. The number of rotatable bonds is 4. The Morgan fingerprint density at radius 3 is 2.81 bits per heavy atom. The molecule has 0 radical (unpaired) electrons. The molecule has 0 unspecified atom stereocenters. The van der Waals surface area contributed by atoms with Gasteiger partial charge in [-0.1, -0.05) is 30.3 Å². The number of benzene rings is 2. The van der Waals surface area contributed by atoms with Crippen molar-refractivity contribution in [3.05, 3.63) is 71.7 Å². The Morgan fingerprint density at radius 2 is 2.00 bits per heavy atom. The highest BCUT2D eigenvalue weighted by Crippen LogP contribution is 2.27. The second-order valence-electron chi connectivity index (χ2n) is 5.60. The van der Waals surface area contributed by atoms with E-state index in [0.717, 1.165) is 22.2 Å². The Morgan fingerprint density at radius 1 is 1.12 bits per heavy atom. The summed E-state index contributed by atoms with van der Waals surface area (Å²) in [6.07, 6.45) is 1.66. The Labute approximate surface area is 154 Å². The summed E-state index contributed by atoms with van der Waals surface area (Å²) in [5, 5.41) is 6.04. The minimum atomic E-state index is -0.206. The average Bonchev–Trinajstić information content (AvgIpc) is 3.20. The van der Waals surface area contributed by atoms with Gasteiger partial charge in [-0.15, -0.1) is 11.3 Å². The molecule has 1 amide bonds. The summed E-state index contributed by atoms with van der Waals surface area (Å²) < 4.78 is 5.30. The molecule has 0 aliphatic carbocycles. The molecule has 128 valence electrons. The molecule has 2 aromatic heterocycles. The Balaban J connectivity index is 1.84. The molecule has 0 saturated heterocycles. The molecule has 4 rings (SSSR count). The monoisotopic (exact) mass is 361 g/mol. The summed E-state index contributed by atoms with van der Waals surface area (Å²) >= 11 is 1.38. The van der Waals surface area contributed by atoms with E-state index in [1.807, 2.05) is 53.9 Å². The fourth-order valence-corrected chi connectivity index (χ4v) is 3.27. The quantitative estimate of drug-likeness (QED) is 0.576. The van der Waals surface area contributed by atoms with E-state index in [1.54, 1.807) is 19.4 Å². The number of fused-ring (bicyclic) bond motifs is 1. The van der Waals surface area contributed by atoms with Crippen LogP contribution in [0.15, 0.2) is 66.2 Å². The summed E-state index contributed by atoms with van der Waals surface area (Å²) in [6, 6.07) is 17.0. The minimum absolute atomic E-state index is 0.206. The molecule has 0 fully saturated rings. The molecule has 0 aliphatic rings. The minimum Gasteiger partial charge on any atom is -0.497 e. The van der Waals surface area contributed by atoms with Crippen LogP contribution in [0, 0.1) is 0 Å². The van der Waals surface area contributed by atoms with Crippen molar-refractivity contribution in [3.8, 4) is 17.0 Å². The lowest BCUT2D eigenvalue weighted by atomic mass is 10.0. The summed E-state index contributed by atoms with van der Waals surface area (Å²) in [5.74, 6) is 0.536. The number of hydrogen-bond donors (Lipinski definition) is 1. The van der Waals surface area contributed by atoms with E-state index in [4.69, 9.17) is 9.72 Å². The van der Waals surface area contributed by atoms with E-state index in [9.17, 15) is 4.79 Å². The number of carbonyl (C=O) groups is 1. The maximum atomic E-state index is 12.8. The van der Waals surface area contributed by atoms with Crippen molar-refractivity contribution in [2.24, 2.45) is 0 Å². The average molecular weight is 361 g/mol. The molecule has 0 atom stereocenters. The van der Waals surface area contributed by atoms with Crippen LogP contribution in [0.1, 0.15) is 10.4 Å². The van der Waals surface area contributed by atoms with Crippen LogP contribution in [-0.2, 0) is 0 Å². The van der Waals surface area contributed by atoms with Crippen LogP contribution in [0.25, 0.3) is 22.2 Å². The summed E-state index contributed by atoms with van der Waals surface area (Å²) in [6.45, 7) is 0. The van der Waals surface area contributed by atoms with Gasteiger partial charge in [0.2, 0.25) is 0 Å². The van der Waals surface area contributed by atoms with Crippen LogP contribution in [-0.4, -0.2) is 23.0 Å². The lowest BCUT2D eigenvalue weighted by Gasteiger charge is -2.10. The van der Waals surface area contributed by atoms with E-state index in [1.165, 1.54) is 11.3 Å². The molecule has 2 aromatic carbocycles. The number of thiazole rings is 1. The first-order valence-corrected chi connectivity index (χ1v) is 8.87. The van der Waals surface area contributed by atoms with Gasteiger partial charge in [-0.25, -0.2) is 9.97 Å². The molecule has 5 nitrogen and oxygen atoms in total. The van der Waals surface area contributed by atoms with Gasteiger partial charge < -0.3 is 4.74 Å². The molecule has 0 aliphatic heterocycles. The van der Waals surface area contributed by atoms with Crippen LogP contribution >= 0.6 is 11.3 Å². The highest BCUT2D eigenvalue weighted by atomic mass is 32.1. The maximum Gasteiger partial charge on any atom is 0.258 e. The van der Waals surface area contributed by atoms with E-state index in [0.29, 0.717) is 16.4 Å². The second kappa shape index (κ2) is 6.93. The van der Waals surface area contributed by atoms with Crippen molar-refractivity contribution in [2.75, 3.05) is 12.4 Å². The number of amides is 1. The third-order valence-corrected chi connectivity index (χ3v) is 4.67. The van der Waals surface area contributed by atoms with Gasteiger partial charge in [-0.3, -0.25) is 10.1 Å². The van der Waals surface area contributed by atoms with E-state index >= 15 is 0 Å². The van der Waals surface area contributed by atoms with Gasteiger partial charge in [0.25, 0.3) is 5.91 Å². The van der Waals surface area contributed by atoms with Gasteiger partial charge in [0, 0.05) is 22.5 Å². The van der Waals surface area contributed by atoms with Crippen molar-refractivity contribution in [3.63, 3.8) is 0 Å². The Hall–Kier alpha value is -3.25. The van der Waals surface area contributed by atoms with Crippen LogP contribution in [0.3, 0.4) is 0 Å². The highest BCUT2D eigenvalue weighted by molar-refractivity contribution is 7.13. The van der Waals surface area contributed by atoms with E-state index in [-0.39, 0.29) is 5.91 Å².